The SMILES string of the molecule is CSc1ccc([C@H](C)NC(=O)c2ccc(N3CCC(C)=N3)cc2)cc1. The molecule has 0 unspecified atom stereocenters. The Morgan fingerprint density at radius 3 is 2.40 bits per heavy atom. The lowest BCUT2D eigenvalue weighted by atomic mass is 10.1. The number of hydrogen-bond donors (Lipinski definition) is 1. The first-order valence-electron chi connectivity index (χ1n) is 8.43. The van der Waals surface area contributed by atoms with E-state index in [4.69, 9.17) is 0 Å². The van der Waals surface area contributed by atoms with Gasteiger partial charge in [-0.1, -0.05) is 12.1 Å². The van der Waals surface area contributed by atoms with E-state index in [0.29, 0.717) is 5.56 Å². The van der Waals surface area contributed by atoms with Gasteiger partial charge < -0.3 is 5.32 Å². The maximum atomic E-state index is 12.5. The first kappa shape index (κ1) is 17.5. The molecule has 1 atom stereocenters. The van der Waals surface area contributed by atoms with E-state index < -0.39 is 0 Å². The maximum absolute atomic E-state index is 12.5. The van der Waals surface area contributed by atoms with Gasteiger partial charge in [-0.3, -0.25) is 9.80 Å². The molecule has 0 aromatic heterocycles. The second-order valence-electron chi connectivity index (χ2n) is 6.22. The molecular weight excluding hydrogens is 330 g/mol. The number of nitrogens with zero attached hydrogens (tertiary/aromatic N) is 2. The van der Waals surface area contributed by atoms with Gasteiger partial charge in [0.1, 0.15) is 0 Å². The highest BCUT2D eigenvalue weighted by Crippen LogP contribution is 2.21. The van der Waals surface area contributed by atoms with Crippen molar-refractivity contribution in [3.8, 4) is 0 Å². The van der Waals surface area contributed by atoms with Crippen LogP contribution in [0.3, 0.4) is 0 Å². The Balaban J connectivity index is 1.64. The molecule has 0 spiro atoms. The maximum Gasteiger partial charge on any atom is 0.251 e. The molecule has 0 aliphatic carbocycles. The van der Waals surface area contributed by atoms with Crippen molar-refractivity contribution in [3.05, 3.63) is 59.7 Å². The standard InChI is InChI=1S/C20H23N3OS/c1-14-12-13-23(22-14)18-8-4-17(5-9-18)20(24)21-15(2)16-6-10-19(25-3)11-7-16/h4-11,15H,12-13H2,1-3H3,(H,21,24)/t15-/m0/s1. The van der Waals surface area contributed by atoms with Crippen LogP contribution in [0.1, 0.15) is 42.2 Å². The lowest BCUT2D eigenvalue weighted by molar-refractivity contribution is 0.0940. The summed E-state index contributed by atoms with van der Waals surface area (Å²) in [5.74, 6) is -0.0610. The number of hydrazone groups is 1. The Hall–Kier alpha value is -2.27. The van der Waals surface area contributed by atoms with Crippen molar-refractivity contribution in [1.29, 1.82) is 0 Å². The molecule has 0 fully saturated rings. The van der Waals surface area contributed by atoms with Crippen molar-refractivity contribution in [2.45, 2.75) is 31.2 Å². The quantitative estimate of drug-likeness (QED) is 0.806. The average molecular weight is 353 g/mol. The number of anilines is 1. The molecule has 0 saturated carbocycles. The lowest BCUT2D eigenvalue weighted by Gasteiger charge is -2.16. The van der Waals surface area contributed by atoms with Crippen molar-refractivity contribution < 1.29 is 4.79 Å². The molecule has 0 radical (unpaired) electrons. The molecule has 1 N–H and O–H groups in total. The van der Waals surface area contributed by atoms with E-state index in [1.807, 2.05) is 43.1 Å². The van der Waals surface area contributed by atoms with Gasteiger partial charge in [0.15, 0.2) is 0 Å². The number of thioether (sulfide) groups is 1. The minimum absolute atomic E-state index is 0.0334. The highest BCUT2D eigenvalue weighted by molar-refractivity contribution is 7.98. The van der Waals surface area contributed by atoms with Crippen molar-refractivity contribution in [3.63, 3.8) is 0 Å². The number of hydrogen-bond acceptors (Lipinski definition) is 4. The van der Waals surface area contributed by atoms with E-state index in [9.17, 15) is 4.79 Å². The number of rotatable bonds is 5. The fourth-order valence-electron chi connectivity index (χ4n) is 2.80. The van der Waals surface area contributed by atoms with Crippen molar-refractivity contribution in [2.24, 2.45) is 5.10 Å². The van der Waals surface area contributed by atoms with Crippen LogP contribution in [0.5, 0.6) is 0 Å². The van der Waals surface area contributed by atoms with Crippen LogP contribution in [0, 0.1) is 0 Å². The zero-order chi connectivity index (χ0) is 17.8. The summed E-state index contributed by atoms with van der Waals surface area (Å²) < 4.78 is 0. The second kappa shape index (κ2) is 7.74. The molecule has 2 aromatic rings. The van der Waals surface area contributed by atoms with Gasteiger partial charge in [-0.25, -0.2) is 0 Å². The van der Waals surface area contributed by atoms with Crippen LogP contribution in [0.25, 0.3) is 0 Å². The Morgan fingerprint density at radius 2 is 1.84 bits per heavy atom. The predicted molar refractivity (Wildman–Crippen MR) is 106 cm³/mol. The zero-order valence-electron chi connectivity index (χ0n) is 14.8. The van der Waals surface area contributed by atoms with Gasteiger partial charge in [0.05, 0.1) is 11.7 Å². The van der Waals surface area contributed by atoms with Gasteiger partial charge in [0.25, 0.3) is 5.91 Å². The monoisotopic (exact) mass is 353 g/mol. The Bertz CT molecular complexity index is 769. The van der Waals surface area contributed by atoms with Crippen LogP contribution in [0.2, 0.25) is 0 Å². The Morgan fingerprint density at radius 1 is 1.16 bits per heavy atom. The summed E-state index contributed by atoms with van der Waals surface area (Å²) in [7, 11) is 0. The summed E-state index contributed by atoms with van der Waals surface area (Å²) in [5, 5.41) is 9.52. The fraction of sp³-hybridized carbons (Fsp3) is 0.300. The van der Waals surface area contributed by atoms with E-state index in [1.165, 1.54) is 4.90 Å². The summed E-state index contributed by atoms with van der Waals surface area (Å²) in [4.78, 5) is 13.7. The number of nitrogens with one attached hydrogen (secondary N) is 1. The van der Waals surface area contributed by atoms with Gasteiger partial charge in [0.2, 0.25) is 0 Å². The minimum atomic E-state index is -0.0610. The zero-order valence-corrected chi connectivity index (χ0v) is 15.6. The molecule has 3 rings (SSSR count). The third kappa shape index (κ3) is 4.23. The van der Waals surface area contributed by atoms with Crippen LogP contribution in [0.15, 0.2) is 58.5 Å². The molecule has 25 heavy (non-hydrogen) atoms. The summed E-state index contributed by atoms with van der Waals surface area (Å²) in [6, 6.07) is 15.9. The molecule has 1 aliphatic heterocycles. The molecule has 1 aliphatic rings. The van der Waals surface area contributed by atoms with Crippen LogP contribution < -0.4 is 10.3 Å². The molecule has 0 bridgehead atoms. The third-order valence-corrected chi connectivity index (χ3v) is 5.11. The second-order valence-corrected chi connectivity index (χ2v) is 7.10. The lowest BCUT2D eigenvalue weighted by Crippen LogP contribution is -2.26. The predicted octanol–water partition coefficient (Wildman–Crippen LogP) is 4.49. The summed E-state index contributed by atoms with van der Waals surface area (Å²) in [5.41, 5.74) is 3.93. The molecule has 130 valence electrons. The van der Waals surface area contributed by atoms with Crippen molar-refractivity contribution in [1.82, 2.24) is 5.32 Å². The van der Waals surface area contributed by atoms with Crippen molar-refractivity contribution >= 4 is 29.1 Å². The van der Waals surface area contributed by atoms with Crippen molar-refractivity contribution in [2.75, 3.05) is 17.8 Å². The number of carbonyl (C=O) groups is 1. The van der Waals surface area contributed by atoms with E-state index in [2.05, 4.69) is 40.9 Å². The molecule has 1 heterocycles. The third-order valence-electron chi connectivity index (χ3n) is 4.37. The van der Waals surface area contributed by atoms with Crippen LogP contribution >= 0.6 is 11.8 Å². The molecule has 4 nitrogen and oxygen atoms in total. The molecule has 5 heteroatoms. The van der Waals surface area contributed by atoms with Gasteiger partial charge in [-0.05, 0) is 62.1 Å². The topological polar surface area (TPSA) is 44.7 Å². The smallest absolute Gasteiger partial charge is 0.251 e. The number of benzene rings is 2. The van der Waals surface area contributed by atoms with E-state index in [-0.39, 0.29) is 11.9 Å². The molecule has 1 amide bonds. The van der Waals surface area contributed by atoms with Crippen LogP contribution in [-0.4, -0.2) is 24.4 Å². The van der Waals surface area contributed by atoms with Gasteiger partial charge in [0, 0.05) is 29.1 Å². The van der Waals surface area contributed by atoms with Gasteiger partial charge >= 0.3 is 0 Å². The van der Waals surface area contributed by atoms with Gasteiger partial charge in [-0.15, -0.1) is 11.8 Å². The average Bonchev–Trinajstić information content (AvgIpc) is 3.08. The first-order valence-corrected chi connectivity index (χ1v) is 9.66. The van der Waals surface area contributed by atoms with Crippen LogP contribution in [-0.2, 0) is 0 Å². The molecule has 2 aromatic carbocycles. The summed E-state index contributed by atoms with van der Waals surface area (Å²) in [6.07, 6.45) is 3.05. The van der Waals surface area contributed by atoms with E-state index in [1.54, 1.807) is 11.8 Å². The number of carbonyl (C=O) groups excluding carboxylic acids is 1. The molecule has 0 saturated heterocycles. The normalized spacial score (nSPS) is 15.0. The van der Waals surface area contributed by atoms with Gasteiger partial charge in [-0.2, -0.15) is 5.10 Å². The highest BCUT2D eigenvalue weighted by Gasteiger charge is 2.15. The largest absolute Gasteiger partial charge is 0.346 e. The Kier molecular flexibility index (Phi) is 5.43. The summed E-state index contributed by atoms with van der Waals surface area (Å²) >= 11 is 1.71. The fourth-order valence-corrected chi connectivity index (χ4v) is 3.21. The molecular formula is C20H23N3OS. The Labute approximate surface area is 153 Å². The highest BCUT2D eigenvalue weighted by atomic mass is 32.2. The summed E-state index contributed by atoms with van der Waals surface area (Å²) in [6.45, 7) is 4.94. The number of amides is 1. The van der Waals surface area contributed by atoms with E-state index in [0.717, 1.165) is 29.9 Å². The van der Waals surface area contributed by atoms with Crippen LogP contribution in [0.4, 0.5) is 5.69 Å². The minimum Gasteiger partial charge on any atom is -0.346 e. The first-order chi connectivity index (χ1) is 12.1. The van der Waals surface area contributed by atoms with E-state index >= 15 is 0 Å².